The zero-order chi connectivity index (χ0) is 15.9. The highest BCUT2D eigenvalue weighted by atomic mass is 35.5. The molecule has 0 saturated heterocycles. The number of hydrogen-bond acceptors (Lipinski definition) is 2. The van der Waals surface area contributed by atoms with Crippen LogP contribution in [0.15, 0.2) is 48.5 Å². The number of nitrogens with one attached hydrogen (secondary N) is 1. The van der Waals surface area contributed by atoms with Gasteiger partial charge in [0.05, 0.1) is 6.04 Å². The van der Waals surface area contributed by atoms with Gasteiger partial charge in [0.2, 0.25) is 0 Å². The maximum absolute atomic E-state index is 11.9. The van der Waals surface area contributed by atoms with Crippen molar-refractivity contribution in [3.63, 3.8) is 0 Å². The van der Waals surface area contributed by atoms with Crippen molar-refractivity contribution in [1.29, 1.82) is 0 Å². The van der Waals surface area contributed by atoms with Crippen molar-refractivity contribution in [2.75, 3.05) is 6.61 Å². The van der Waals surface area contributed by atoms with Crippen molar-refractivity contribution in [2.24, 2.45) is 0 Å². The van der Waals surface area contributed by atoms with Gasteiger partial charge in [0.25, 0.3) is 5.91 Å². The van der Waals surface area contributed by atoms with Gasteiger partial charge in [-0.05, 0) is 48.7 Å². The predicted molar refractivity (Wildman–Crippen MR) is 89.3 cm³/mol. The van der Waals surface area contributed by atoms with Crippen molar-refractivity contribution in [3.8, 4) is 5.75 Å². The third kappa shape index (κ3) is 4.78. The quantitative estimate of drug-likeness (QED) is 0.868. The molecule has 0 aliphatic carbocycles. The number of halogens is 1. The molecule has 1 N–H and O–H groups in total. The zero-order valence-electron chi connectivity index (χ0n) is 12.8. The van der Waals surface area contributed by atoms with Gasteiger partial charge in [0.1, 0.15) is 5.75 Å². The lowest BCUT2D eigenvalue weighted by atomic mass is 10.1. The molecule has 0 saturated carbocycles. The Labute approximate surface area is 136 Å². The highest BCUT2D eigenvalue weighted by molar-refractivity contribution is 6.30. The Morgan fingerprint density at radius 1 is 1.14 bits per heavy atom. The summed E-state index contributed by atoms with van der Waals surface area (Å²) in [5.74, 6) is 0.474. The van der Waals surface area contributed by atoms with Crippen LogP contribution in [0.25, 0.3) is 0 Å². The van der Waals surface area contributed by atoms with E-state index in [1.54, 1.807) is 24.3 Å². The van der Waals surface area contributed by atoms with Crippen LogP contribution in [0, 0.1) is 0 Å². The molecule has 0 radical (unpaired) electrons. The van der Waals surface area contributed by atoms with Gasteiger partial charge in [0.15, 0.2) is 6.61 Å². The highest BCUT2D eigenvalue weighted by Crippen LogP contribution is 2.16. The molecule has 1 atom stereocenters. The first-order valence-electron chi connectivity index (χ1n) is 7.35. The van der Waals surface area contributed by atoms with E-state index in [0.29, 0.717) is 10.8 Å². The molecule has 0 aliphatic heterocycles. The molecule has 116 valence electrons. The van der Waals surface area contributed by atoms with Crippen molar-refractivity contribution in [2.45, 2.75) is 26.3 Å². The Morgan fingerprint density at radius 3 is 2.36 bits per heavy atom. The molecule has 2 aromatic carbocycles. The average molecular weight is 318 g/mol. The first-order chi connectivity index (χ1) is 10.6. The SMILES string of the molecule is CCc1ccc(C(C)NC(=O)COc2ccc(Cl)cc2)cc1. The first kappa shape index (κ1) is 16.4. The van der Waals surface area contributed by atoms with Crippen LogP contribution in [0.4, 0.5) is 0 Å². The maximum atomic E-state index is 11.9. The Balaban J connectivity index is 1.83. The predicted octanol–water partition coefficient (Wildman–Crippen LogP) is 4.16. The molecule has 1 unspecified atom stereocenters. The summed E-state index contributed by atoms with van der Waals surface area (Å²) in [5, 5.41) is 3.57. The van der Waals surface area contributed by atoms with Crippen LogP contribution in [0.3, 0.4) is 0 Å². The number of rotatable bonds is 6. The van der Waals surface area contributed by atoms with E-state index in [2.05, 4.69) is 24.4 Å². The van der Waals surface area contributed by atoms with E-state index in [0.717, 1.165) is 12.0 Å². The van der Waals surface area contributed by atoms with Crippen LogP contribution in [0.2, 0.25) is 5.02 Å². The number of carbonyl (C=O) groups is 1. The smallest absolute Gasteiger partial charge is 0.258 e. The largest absolute Gasteiger partial charge is 0.484 e. The normalized spacial score (nSPS) is 11.8. The zero-order valence-corrected chi connectivity index (χ0v) is 13.6. The molecular weight excluding hydrogens is 298 g/mol. The molecule has 1 amide bonds. The maximum Gasteiger partial charge on any atom is 0.258 e. The summed E-state index contributed by atoms with van der Waals surface area (Å²) in [6.07, 6.45) is 1.01. The standard InChI is InChI=1S/C18H20ClNO2/c1-3-14-4-6-15(7-5-14)13(2)20-18(21)12-22-17-10-8-16(19)9-11-17/h4-11,13H,3,12H2,1-2H3,(H,20,21). The summed E-state index contributed by atoms with van der Waals surface area (Å²) in [6.45, 7) is 4.06. The fourth-order valence-corrected chi connectivity index (χ4v) is 2.21. The van der Waals surface area contributed by atoms with E-state index >= 15 is 0 Å². The van der Waals surface area contributed by atoms with Gasteiger partial charge in [-0.25, -0.2) is 0 Å². The van der Waals surface area contributed by atoms with Crippen LogP contribution < -0.4 is 10.1 Å². The molecule has 2 rings (SSSR count). The molecule has 2 aromatic rings. The van der Waals surface area contributed by atoms with Crippen molar-refractivity contribution in [3.05, 3.63) is 64.7 Å². The average Bonchev–Trinajstić information content (AvgIpc) is 2.54. The number of aryl methyl sites for hydroxylation is 1. The highest BCUT2D eigenvalue weighted by Gasteiger charge is 2.10. The van der Waals surface area contributed by atoms with Gasteiger partial charge >= 0.3 is 0 Å². The Bertz CT molecular complexity index is 608. The van der Waals surface area contributed by atoms with Gasteiger partial charge in [-0.3, -0.25) is 4.79 Å². The Kier molecular flexibility index (Phi) is 5.84. The van der Waals surface area contributed by atoms with Gasteiger partial charge in [-0.15, -0.1) is 0 Å². The molecule has 4 heteroatoms. The van der Waals surface area contributed by atoms with Crippen molar-refractivity contribution < 1.29 is 9.53 Å². The van der Waals surface area contributed by atoms with Gasteiger partial charge in [0, 0.05) is 5.02 Å². The number of ether oxygens (including phenoxy) is 1. The Hall–Kier alpha value is -2.00. The lowest BCUT2D eigenvalue weighted by molar-refractivity contribution is -0.123. The molecule has 0 fully saturated rings. The summed E-state index contributed by atoms with van der Waals surface area (Å²) >= 11 is 5.80. The molecule has 3 nitrogen and oxygen atoms in total. The number of hydrogen-bond donors (Lipinski definition) is 1. The Morgan fingerprint density at radius 2 is 1.77 bits per heavy atom. The lowest BCUT2D eigenvalue weighted by Gasteiger charge is -2.15. The monoisotopic (exact) mass is 317 g/mol. The summed E-state index contributed by atoms with van der Waals surface area (Å²) in [7, 11) is 0. The fourth-order valence-electron chi connectivity index (χ4n) is 2.09. The van der Waals surface area contributed by atoms with E-state index < -0.39 is 0 Å². The number of amides is 1. The van der Waals surface area contributed by atoms with E-state index in [-0.39, 0.29) is 18.6 Å². The minimum absolute atomic E-state index is 0.0149. The van der Waals surface area contributed by atoms with Gasteiger partial charge in [-0.1, -0.05) is 42.8 Å². The third-order valence-corrected chi connectivity index (χ3v) is 3.70. The molecule has 0 heterocycles. The second-order valence-electron chi connectivity index (χ2n) is 5.13. The summed E-state index contributed by atoms with van der Waals surface area (Å²) in [4.78, 5) is 11.9. The molecule has 0 aliphatic rings. The summed E-state index contributed by atoms with van der Waals surface area (Å²) in [5.41, 5.74) is 2.37. The molecule has 0 spiro atoms. The molecular formula is C18H20ClNO2. The van der Waals surface area contributed by atoms with Gasteiger partial charge in [-0.2, -0.15) is 0 Å². The van der Waals surface area contributed by atoms with E-state index in [1.807, 2.05) is 19.1 Å². The second-order valence-corrected chi connectivity index (χ2v) is 5.56. The second kappa shape index (κ2) is 7.85. The molecule has 0 aromatic heterocycles. The fraction of sp³-hybridized carbons (Fsp3) is 0.278. The van der Waals surface area contributed by atoms with Crippen LogP contribution in [-0.2, 0) is 11.2 Å². The summed E-state index contributed by atoms with van der Waals surface area (Å²) < 4.78 is 5.43. The van der Waals surface area contributed by atoms with Crippen LogP contribution in [-0.4, -0.2) is 12.5 Å². The first-order valence-corrected chi connectivity index (χ1v) is 7.73. The number of benzene rings is 2. The minimum Gasteiger partial charge on any atom is -0.484 e. The van der Waals surface area contributed by atoms with Crippen LogP contribution in [0.5, 0.6) is 5.75 Å². The topological polar surface area (TPSA) is 38.3 Å². The van der Waals surface area contributed by atoms with E-state index in [9.17, 15) is 4.79 Å². The number of carbonyl (C=O) groups excluding carboxylic acids is 1. The van der Waals surface area contributed by atoms with E-state index in [1.165, 1.54) is 5.56 Å². The lowest BCUT2D eigenvalue weighted by Crippen LogP contribution is -2.31. The van der Waals surface area contributed by atoms with Crippen molar-refractivity contribution >= 4 is 17.5 Å². The van der Waals surface area contributed by atoms with Crippen LogP contribution >= 0.6 is 11.6 Å². The molecule has 0 bridgehead atoms. The van der Waals surface area contributed by atoms with Crippen molar-refractivity contribution in [1.82, 2.24) is 5.32 Å². The van der Waals surface area contributed by atoms with Crippen LogP contribution in [0.1, 0.15) is 31.0 Å². The minimum atomic E-state index is -0.151. The third-order valence-electron chi connectivity index (χ3n) is 3.45. The van der Waals surface area contributed by atoms with E-state index in [4.69, 9.17) is 16.3 Å². The summed E-state index contributed by atoms with van der Waals surface area (Å²) in [6, 6.07) is 15.1. The molecule has 22 heavy (non-hydrogen) atoms. The van der Waals surface area contributed by atoms with Gasteiger partial charge < -0.3 is 10.1 Å².